The van der Waals surface area contributed by atoms with E-state index in [4.69, 9.17) is 19.4 Å². The van der Waals surface area contributed by atoms with Crippen LogP contribution in [0.4, 0.5) is 0 Å². The number of furan rings is 1. The molecule has 13 aromatic rings. The summed E-state index contributed by atoms with van der Waals surface area (Å²) in [7, 11) is 0. The Morgan fingerprint density at radius 1 is 0.262 bits per heavy atom. The third-order valence-electron chi connectivity index (χ3n) is 13.0. The molecule has 0 spiro atoms. The van der Waals surface area contributed by atoms with Gasteiger partial charge < -0.3 is 4.42 Å². The smallest absolute Gasteiger partial charge is 0.164 e. The third-order valence-corrected chi connectivity index (χ3v) is 13.0. The van der Waals surface area contributed by atoms with Gasteiger partial charge in [0, 0.05) is 33.0 Å². The van der Waals surface area contributed by atoms with Gasteiger partial charge in [-0.05, 0) is 95.2 Å². The van der Waals surface area contributed by atoms with E-state index in [2.05, 4.69) is 218 Å². The van der Waals surface area contributed by atoms with Gasteiger partial charge in [-0.15, -0.1) is 0 Å². The highest BCUT2D eigenvalue weighted by Gasteiger charge is 2.21. The largest absolute Gasteiger partial charge is 0.455 e. The first-order valence-corrected chi connectivity index (χ1v) is 22.0. The first-order valence-electron chi connectivity index (χ1n) is 22.0. The lowest BCUT2D eigenvalue weighted by Gasteiger charge is -2.15. The van der Waals surface area contributed by atoms with E-state index in [1.54, 1.807) is 0 Å². The minimum Gasteiger partial charge on any atom is -0.455 e. The molecule has 2 heterocycles. The zero-order valence-electron chi connectivity index (χ0n) is 35.1. The molecular formula is C61H37N3O. The fourth-order valence-electron chi connectivity index (χ4n) is 9.91. The zero-order valence-corrected chi connectivity index (χ0v) is 35.1. The van der Waals surface area contributed by atoms with Gasteiger partial charge in [0.05, 0.1) is 0 Å². The van der Waals surface area contributed by atoms with Gasteiger partial charge in [-0.1, -0.05) is 200 Å². The van der Waals surface area contributed by atoms with E-state index in [-0.39, 0.29) is 0 Å². The Kier molecular flexibility index (Phi) is 8.50. The summed E-state index contributed by atoms with van der Waals surface area (Å²) in [4.78, 5) is 16.1. The van der Waals surface area contributed by atoms with Crippen LogP contribution in [0.5, 0.6) is 0 Å². The number of para-hydroxylation sites is 1. The van der Waals surface area contributed by atoms with Crippen molar-refractivity contribution in [2.45, 2.75) is 0 Å². The SMILES string of the molecule is c1ccc(-c2ccc(-c3nc(-c4ccc5c(ccc6ccccc65)c4)nc(-c4ccc(-c5cccc6oc7c(-c8ccccc8)cccc7c56)c5ccccc45)n3)c3ccccc23)cc1. The van der Waals surface area contributed by atoms with Crippen LogP contribution >= 0.6 is 0 Å². The second-order valence-electron chi connectivity index (χ2n) is 16.6. The molecule has 4 heteroatoms. The average Bonchev–Trinajstić information content (AvgIpc) is 3.78. The van der Waals surface area contributed by atoms with E-state index in [1.165, 1.54) is 27.3 Å². The predicted octanol–water partition coefficient (Wildman–Crippen LogP) is 16.4. The number of aromatic nitrogens is 3. The van der Waals surface area contributed by atoms with Crippen LogP contribution in [0.25, 0.3) is 133 Å². The van der Waals surface area contributed by atoms with E-state index in [9.17, 15) is 0 Å². The first kappa shape index (κ1) is 36.9. The zero-order chi connectivity index (χ0) is 42.8. The van der Waals surface area contributed by atoms with Crippen LogP contribution < -0.4 is 0 Å². The standard InChI is InChI=1S/C61H37N3O/c1-3-15-38(16-4-1)44-33-35-53(49-23-11-9-21-47(44)49)60-62-59(42-31-32-45-41(37-42)30-29-40-19-7-8-20-43(40)45)63-61(64-60)54-36-34-51(48-22-10-12-24-50(48)54)52-26-14-28-56-57(52)55-27-13-25-46(58(55)65-56)39-17-5-2-6-18-39/h1-37H. The van der Waals surface area contributed by atoms with E-state index in [0.717, 1.165) is 87.8 Å². The third kappa shape index (κ3) is 6.11. The molecule has 0 radical (unpaired) electrons. The number of rotatable bonds is 6. The number of fused-ring (bicyclic) bond motifs is 8. The summed E-state index contributed by atoms with van der Waals surface area (Å²) in [6, 6.07) is 79.2. The molecule has 2 aromatic heterocycles. The van der Waals surface area contributed by atoms with Crippen LogP contribution in [0.15, 0.2) is 229 Å². The van der Waals surface area contributed by atoms with Crippen molar-refractivity contribution >= 4 is 65.0 Å². The molecule has 0 saturated carbocycles. The molecule has 13 rings (SSSR count). The monoisotopic (exact) mass is 827 g/mol. The molecule has 302 valence electrons. The molecule has 0 atom stereocenters. The molecule has 0 aliphatic heterocycles. The molecule has 4 nitrogen and oxygen atoms in total. The lowest BCUT2D eigenvalue weighted by Crippen LogP contribution is -2.01. The predicted molar refractivity (Wildman–Crippen MR) is 270 cm³/mol. The van der Waals surface area contributed by atoms with Gasteiger partial charge in [-0.2, -0.15) is 0 Å². The summed E-state index contributed by atoms with van der Waals surface area (Å²) in [5.41, 5.74) is 11.3. The van der Waals surface area contributed by atoms with Crippen LogP contribution in [0.1, 0.15) is 0 Å². The Morgan fingerprint density at radius 2 is 0.754 bits per heavy atom. The Balaban J connectivity index is 1.02. The fraction of sp³-hybridized carbons (Fsp3) is 0. The van der Waals surface area contributed by atoms with Crippen molar-refractivity contribution < 1.29 is 4.42 Å². The Hall–Kier alpha value is -8.73. The Morgan fingerprint density at radius 3 is 1.46 bits per heavy atom. The molecular weight excluding hydrogens is 791 g/mol. The summed E-state index contributed by atoms with van der Waals surface area (Å²) >= 11 is 0. The highest BCUT2D eigenvalue weighted by molar-refractivity contribution is 6.18. The Labute approximate surface area is 374 Å². The van der Waals surface area contributed by atoms with Crippen LogP contribution in [-0.2, 0) is 0 Å². The molecule has 0 saturated heterocycles. The highest BCUT2D eigenvalue weighted by Crippen LogP contribution is 2.44. The van der Waals surface area contributed by atoms with Crippen molar-refractivity contribution in [3.05, 3.63) is 224 Å². The van der Waals surface area contributed by atoms with Gasteiger partial charge in [0.25, 0.3) is 0 Å². The van der Waals surface area contributed by atoms with Gasteiger partial charge in [-0.3, -0.25) is 0 Å². The molecule has 0 unspecified atom stereocenters. The van der Waals surface area contributed by atoms with Crippen molar-refractivity contribution in [2.75, 3.05) is 0 Å². The molecule has 0 N–H and O–H groups in total. The van der Waals surface area contributed by atoms with Crippen molar-refractivity contribution in [2.24, 2.45) is 0 Å². The van der Waals surface area contributed by atoms with Crippen LogP contribution in [-0.4, -0.2) is 15.0 Å². The number of benzene rings is 11. The van der Waals surface area contributed by atoms with Crippen molar-refractivity contribution in [3.63, 3.8) is 0 Å². The second kappa shape index (κ2) is 15.0. The highest BCUT2D eigenvalue weighted by atomic mass is 16.3. The van der Waals surface area contributed by atoms with Gasteiger partial charge in [0.15, 0.2) is 17.5 Å². The van der Waals surface area contributed by atoms with Gasteiger partial charge in [-0.25, -0.2) is 15.0 Å². The van der Waals surface area contributed by atoms with E-state index in [0.29, 0.717) is 17.5 Å². The summed E-state index contributed by atoms with van der Waals surface area (Å²) < 4.78 is 6.70. The molecule has 0 bridgehead atoms. The maximum absolute atomic E-state index is 6.70. The number of hydrogen-bond acceptors (Lipinski definition) is 4. The Bertz CT molecular complexity index is 4000. The normalized spacial score (nSPS) is 11.7. The quantitative estimate of drug-likeness (QED) is 0.157. The van der Waals surface area contributed by atoms with E-state index < -0.39 is 0 Å². The minimum atomic E-state index is 0.613. The summed E-state index contributed by atoms with van der Waals surface area (Å²) in [5.74, 6) is 1.85. The fourth-order valence-corrected chi connectivity index (χ4v) is 9.91. The van der Waals surface area contributed by atoms with Gasteiger partial charge in [0.1, 0.15) is 11.2 Å². The van der Waals surface area contributed by atoms with Gasteiger partial charge in [0.2, 0.25) is 0 Å². The lowest BCUT2D eigenvalue weighted by molar-refractivity contribution is 0.670. The minimum absolute atomic E-state index is 0.613. The van der Waals surface area contributed by atoms with E-state index >= 15 is 0 Å². The van der Waals surface area contributed by atoms with Crippen LogP contribution in [0.3, 0.4) is 0 Å². The number of nitrogens with zero attached hydrogens (tertiary/aromatic N) is 3. The molecule has 11 aromatic carbocycles. The topological polar surface area (TPSA) is 51.8 Å². The second-order valence-corrected chi connectivity index (χ2v) is 16.6. The lowest BCUT2D eigenvalue weighted by atomic mass is 9.91. The maximum atomic E-state index is 6.70. The molecule has 0 aliphatic rings. The molecule has 0 fully saturated rings. The molecule has 0 amide bonds. The average molecular weight is 828 g/mol. The van der Waals surface area contributed by atoms with Crippen molar-refractivity contribution in [1.82, 2.24) is 15.0 Å². The van der Waals surface area contributed by atoms with E-state index in [1.807, 2.05) is 6.07 Å². The van der Waals surface area contributed by atoms with Crippen LogP contribution in [0.2, 0.25) is 0 Å². The molecule has 0 aliphatic carbocycles. The summed E-state index contributed by atoms with van der Waals surface area (Å²) in [6.45, 7) is 0. The molecule has 65 heavy (non-hydrogen) atoms. The first-order chi connectivity index (χ1) is 32.2. The summed E-state index contributed by atoms with van der Waals surface area (Å²) in [5, 5.41) is 11.3. The summed E-state index contributed by atoms with van der Waals surface area (Å²) in [6.07, 6.45) is 0. The van der Waals surface area contributed by atoms with Crippen LogP contribution in [0, 0.1) is 0 Å². The van der Waals surface area contributed by atoms with Crippen molar-refractivity contribution in [1.29, 1.82) is 0 Å². The maximum Gasteiger partial charge on any atom is 0.164 e. The van der Waals surface area contributed by atoms with Gasteiger partial charge >= 0.3 is 0 Å². The number of hydrogen-bond donors (Lipinski definition) is 0. The van der Waals surface area contributed by atoms with Crippen molar-refractivity contribution in [3.8, 4) is 67.5 Å².